The Kier molecular flexibility index (Phi) is 4.60. The largest absolute Gasteiger partial charge is 0.492 e. The van der Waals surface area contributed by atoms with Gasteiger partial charge in [-0.15, -0.1) is 0 Å². The Balaban J connectivity index is 1.55. The molecule has 0 fully saturated rings. The maximum atomic E-state index is 12.2. The molecule has 2 N–H and O–H groups in total. The lowest BCUT2D eigenvalue weighted by molar-refractivity contribution is -0.384. The van der Waals surface area contributed by atoms with Gasteiger partial charge in [0.15, 0.2) is 0 Å². The molecule has 3 rings (SSSR count). The SMILES string of the molecule is O=C(NNC(=O)C1COc2ccccc2C1)c1ccc([N+](=O)[O-])cc1. The summed E-state index contributed by atoms with van der Waals surface area (Å²) in [6, 6.07) is 12.6. The third kappa shape index (κ3) is 3.74. The van der Waals surface area contributed by atoms with E-state index in [2.05, 4.69) is 10.9 Å². The molecule has 1 heterocycles. The van der Waals surface area contributed by atoms with Gasteiger partial charge in [0.1, 0.15) is 12.4 Å². The lowest BCUT2D eigenvalue weighted by atomic mass is 9.96. The first kappa shape index (κ1) is 16.4. The number of carbonyl (C=O) groups is 2. The highest BCUT2D eigenvalue weighted by molar-refractivity contribution is 5.95. The number of nitro groups is 1. The van der Waals surface area contributed by atoms with E-state index < -0.39 is 16.7 Å². The first-order valence-corrected chi connectivity index (χ1v) is 7.60. The molecular formula is C17H15N3O5. The van der Waals surface area contributed by atoms with Crippen LogP contribution in [0.2, 0.25) is 0 Å². The molecule has 0 saturated heterocycles. The molecule has 2 aromatic rings. The Hall–Kier alpha value is -3.42. The maximum absolute atomic E-state index is 12.2. The van der Waals surface area contributed by atoms with Gasteiger partial charge >= 0.3 is 0 Å². The van der Waals surface area contributed by atoms with Crippen LogP contribution in [0.3, 0.4) is 0 Å². The van der Waals surface area contributed by atoms with Crippen LogP contribution in [0.15, 0.2) is 48.5 Å². The third-order valence-corrected chi connectivity index (χ3v) is 3.89. The van der Waals surface area contributed by atoms with Gasteiger partial charge in [0.25, 0.3) is 11.6 Å². The summed E-state index contributed by atoms with van der Waals surface area (Å²) in [6.45, 7) is 0.232. The predicted molar refractivity (Wildman–Crippen MR) is 87.8 cm³/mol. The highest BCUT2D eigenvalue weighted by Crippen LogP contribution is 2.26. The van der Waals surface area contributed by atoms with Crippen LogP contribution in [0, 0.1) is 16.0 Å². The van der Waals surface area contributed by atoms with Crippen LogP contribution in [0.5, 0.6) is 5.75 Å². The molecule has 2 amide bonds. The summed E-state index contributed by atoms with van der Waals surface area (Å²) in [5.74, 6) is -0.557. The zero-order chi connectivity index (χ0) is 17.8. The van der Waals surface area contributed by atoms with Crippen molar-refractivity contribution in [3.63, 3.8) is 0 Å². The molecular weight excluding hydrogens is 326 g/mol. The Bertz CT molecular complexity index is 819. The fourth-order valence-corrected chi connectivity index (χ4v) is 2.52. The van der Waals surface area contributed by atoms with E-state index in [9.17, 15) is 19.7 Å². The van der Waals surface area contributed by atoms with Gasteiger partial charge in [-0.05, 0) is 30.2 Å². The van der Waals surface area contributed by atoms with Crippen LogP contribution in [0.25, 0.3) is 0 Å². The molecule has 1 atom stereocenters. The fraction of sp³-hybridized carbons (Fsp3) is 0.176. The molecule has 25 heavy (non-hydrogen) atoms. The molecule has 2 aromatic carbocycles. The van der Waals surface area contributed by atoms with Gasteiger partial charge in [-0.1, -0.05) is 18.2 Å². The lowest BCUT2D eigenvalue weighted by Crippen LogP contribution is -2.47. The predicted octanol–water partition coefficient (Wildman–Crippen LogP) is 1.61. The average molecular weight is 341 g/mol. The normalized spacial score (nSPS) is 15.4. The van der Waals surface area contributed by atoms with E-state index in [0.29, 0.717) is 6.42 Å². The Morgan fingerprint density at radius 3 is 2.52 bits per heavy atom. The molecule has 0 aromatic heterocycles. The number of benzene rings is 2. The fourth-order valence-electron chi connectivity index (χ4n) is 2.52. The van der Waals surface area contributed by atoms with Crippen molar-refractivity contribution in [2.45, 2.75) is 6.42 Å². The average Bonchev–Trinajstić information content (AvgIpc) is 2.65. The van der Waals surface area contributed by atoms with Crippen molar-refractivity contribution < 1.29 is 19.2 Å². The van der Waals surface area contributed by atoms with E-state index in [-0.39, 0.29) is 23.8 Å². The quantitative estimate of drug-likeness (QED) is 0.651. The minimum absolute atomic E-state index is 0.112. The number of rotatable bonds is 3. The standard InChI is InChI=1S/C17H15N3O5/c21-16(11-5-7-14(8-6-11)20(23)24)18-19-17(22)13-9-12-3-1-2-4-15(12)25-10-13/h1-8,13H,9-10H2,(H,18,21)(H,19,22). The number of hydrogen-bond donors (Lipinski definition) is 2. The van der Waals surface area contributed by atoms with Gasteiger partial charge in [-0.25, -0.2) is 0 Å². The molecule has 1 aliphatic rings. The maximum Gasteiger partial charge on any atom is 0.269 e. The van der Waals surface area contributed by atoms with Crippen LogP contribution in [0.1, 0.15) is 15.9 Å². The molecule has 1 unspecified atom stereocenters. The van der Waals surface area contributed by atoms with Crippen molar-refractivity contribution >= 4 is 17.5 Å². The zero-order valence-corrected chi connectivity index (χ0v) is 13.1. The van der Waals surface area contributed by atoms with Crippen LogP contribution in [-0.2, 0) is 11.2 Å². The van der Waals surface area contributed by atoms with Gasteiger partial charge in [-0.3, -0.25) is 30.6 Å². The number of hydrogen-bond acceptors (Lipinski definition) is 5. The molecule has 0 spiro atoms. The summed E-state index contributed by atoms with van der Waals surface area (Å²) in [6.07, 6.45) is 0.523. The van der Waals surface area contributed by atoms with Crippen molar-refractivity contribution in [3.05, 3.63) is 69.8 Å². The smallest absolute Gasteiger partial charge is 0.269 e. The van der Waals surface area contributed by atoms with Crippen LogP contribution in [-0.4, -0.2) is 23.3 Å². The van der Waals surface area contributed by atoms with E-state index in [0.717, 1.165) is 11.3 Å². The first-order valence-electron chi connectivity index (χ1n) is 7.60. The van der Waals surface area contributed by atoms with Crippen molar-refractivity contribution in [2.75, 3.05) is 6.61 Å². The van der Waals surface area contributed by atoms with Crippen molar-refractivity contribution in [1.29, 1.82) is 0 Å². The van der Waals surface area contributed by atoms with Crippen molar-refractivity contribution in [3.8, 4) is 5.75 Å². The number of non-ortho nitro benzene ring substituents is 1. The number of fused-ring (bicyclic) bond motifs is 1. The Labute approximate surface area is 142 Å². The number of ether oxygens (including phenoxy) is 1. The van der Waals surface area contributed by atoms with E-state index in [1.807, 2.05) is 24.3 Å². The van der Waals surface area contributed by atoms with E-state index >= 15 is 0 Å². The number of nitro benzene ring substituents is 1. The molecule has 0 saturated carbocycles. The summed E-state index contributed by atoms with van der Waals surface area (Å²) < 4.78 is 5.55. The van der Waals surface area contributed by atoms with E-state index in [4.69, 9.17) is 4.74 Å². The lowest BCUT2D eigenvalue weighted by Gasteiger charge is -2.24. The summed E-state index contributed by atoms with van der Waals surface area (Å²) in [4.78, 5) is 34.2. The molecule has 8 heteroatoms. The summed E-state index contributed by atoms with van der Waals surface area (Å²) >= 11 is 0. The van der Waals surface area contributed by atoms with Gasteiger partial charge in [-0.2, -0.15) is 0 Å². The summed E-state index contributed by atoms with van der Waals surface area (Å²) in [7, 11) is 0. The van der Waals surface area contributed by atoms with Crippen LogP contribution in [0.4, 0.5) is 5.69 Å². The number of carbonyl (C=O) groups excluding carboxylic acids is 2. The Morgan fingerprint density at radius 2 is 1.80 bits per heavy atom. The number of para-hydroxylation sites is 1. The number of amides is 2. The van der Waals surface area contributed by atoms with Gasteiger partial charge in [0.2, 0.25) is 5.91 Å². The molecule has 8 nitrogen and oxygen atoms in total. The summed E-state index contributed by atoms with van der Waals surface area (Å²) in [5, 5.41) is 10.6. The zero-order valence-electron chi connectivity index (χ0n) is 13.1. The van der Waals surface area contributed by atoms with Crippen LogP contribution >= 0.6 is 0 Å². The van der Waals surface area contributed by atoms with Gasteiger partial charge < -0.3 is 4.74 Å². The Morgan fingerprint density at radius 1 is 1.08 bits per heavy atom. The molecule has 0 aliphatic carbocycles. The van der Waals surface area contributed by atoms with Gasteiger partial charge in [0.05, 0.1) is 10.8 Å². The molecule has 0 bridgehead atoms. The number of nitrogens with one attached hydrogen (secondary N) is 2. The van der Waals surface area contributed by atoms with Gasteiger partial charge in [0, 0.05) is 17.7 Å². The van der Waals surface area contributed by atoms with E-state index in [1.165, 1.54) is 24.3 Å². The van der Waals surface area contributed by atoms with Crippen LogP contribution < -0.4 is 15.6 Å². The highest BCUT2D eigenvalue weighted by atomic mass is 16.6. The minimum atomic E-state index is -0.555. The summed E-state index contributed by atoms with van der Waals surface area (Å²) in [5.41, 5.74) is 5.70. The second-order valence-electron chi connectivity index (χ2n) is 5.57. The van der Waals surface area contributed by atoms with Crippen molar-refractivity contribution in [1.82, 2.24) is 10.9 Å². The van der Waals surface area contributed by atoms with Crippen molar-refractivity contribution in [2.24, 2.45) is 5.92 Å². The minimum Gasteiger partial charge on any atom is -0.492 e. The molecule has 1 aliphatic heterocycles. The monoisotopic (exact) mass is 341 g/mol. The number of nitrogens with zero attached hydrogens (tertiary/aromatic N) is 1. The molecule has 128 valence electrons. The number of hydrazine groups is 1. The molecule has 0 radical (unpaired) electrons. The highest BCUT2D eigenvalue weighted by Gasteiger charge is 2.26. The first-order chi connectivity index (χ1) is 12.0. The topological polar surface area (TPSA) is 111 Å². The second-order valence-corrected chi connectivity index (χ2v) is 5.57. The third-order valence-electron chi connectivity index (χ3n) is 3.89. The second kappa shape index (κ2) is 7.00. The van der Waals surface area contributed by atoms with E-state index in [1.54, 1.807) is 0 Å².